The molecule has 1 saturated heterocycles. The van der Waals surface area contributed by atoms with Gasteiger partial charge >= 0.3 is 6.09 Å². The minimum Gasteiger partial charge on any atom is -0.465 e. The van der Waals surface area contributed by atoms with Crippen molar-refractivity contribution < 1.29 is 14.7 Å². The number of benzene rings is 1. The molecule has 2 aromatic rings. The van der Waals surface area contributed by atoms with E-state index >= 15 is 0 Å². The number of aromatic nitrogens is 2. The first-order valence-electron chi connectivity index (χ1n) is 9.41. The van der Waals surface area contributed by atoms with Crippen molar-refractivity contribution in [2.75, 3.05) is 6.54 Å². The molecular formula is C21H23N3O3. The second-order valence-corrected chi connectivity index (χ2v) is 9.23. The predicted molar refractivity (Wildman–Crippen MR) is 99.3 cm³/mol. The van der Waals surface area contributed by atoms with Crippen molar-refractivity contribution in [2.24, 2.45) is 16.7 Å². The maximum absolute atomic E-state index is 13.5. The minimum atomic E-state index is -0.931. The molecular weight excluding hydrogens is 342 g/mol. The number of rotatable bonds is 1. The molecule has 1 N–H and O–H groups in total. The van der Waals surface area contributed by atoms with Crippen molar-refractivity contribution in [3.05, 3.63) is 42.4 Å². The van der Waals surface area contributed by atoms with E-state index in [4.69, 9.17) is 0 Å². The van der Waals surface area contributed by atoms with Crippen molar-refractivity contribution in [2.45, 2.75) is 39.3 Å². The van der Waals surface area contributed by atoms with Crippen LogP contribution in [0.15, 0.2) is 36.8 Å². The molecule has 1 aromatic heterocycles. The molecule has 1 aliphatic carbocycles. The number of nitrogens with zero attached hydrogens (tertiary/aromatic N) is 3. The van der Waals surface area contributed by atoms with Crippen LogP contribution in [0.25, 0.3) is 11.3 Å². The first-order chi connectivity index (χ1) is 12.8. The van der Waals surface area contributed by atoms with Gasteiger partial charge in [-0.1, -0.05) is 45.0 Å². The largest absolute Gasteiger partial charge is 0.465 e. The van der Waals surface area contributed by atoms with Gasteiger partial charge in [0.15, 0.2) is 0 Å². The van der Waals surface area contributed by atoms with Gasteiger partial charge in [-0.05, 0) is 17.4 Å². The maximum Gasteiger partial charge on any atom is 0.407 e. The summed E-state index contributed by atoms with van der Waals surface area (Å²) in [6, 6.07) is 7.90. The summed E-state index contributed by atoms with van der Waals surface area (Å²) >= 11 is 0. The van der Waals surface area contributed by atoms with E-state index in [1.54, 1.807) is 0 Å². The van der Waals surface area contributed by atoms with Gasteiger partial charge < -0.3 is 14.6 Å². The quantitative estimate of drug-likeness (QED) is 0.840. The lowest BCUT2D eigenvalue weighted by molar-refractivity contribution is -0.188. The van der Waals surface area contributed by atoms with E-state index in [0.717, 1.165) is 17.7 Å². The Kier molecular flexibility index (Phi) is 3.06. The van der Waals surface area contributed by atoms with Crippen LogP contribution in [0.2, 0.25) is 0 Å². The first-order valence-corrected chi connectivity index (χ1v) is 9.41. The number of imidazole rings is 1. The normalized spacial score (nSPS) is 31.3. The summed E-state index contributed by atoms with van der Waals surface area (Å²) in [5, 5.41) is 9.52. The van der Waals surface area contributed by atoms with Gasteiger partial charge in [0.05, 0.1) is 35.7 Å². The molecule has 6 nitrogen and oxygen atoms in total. The lowest BCUT2D eigenvalue weighted by Gasteiger charge is -2.66. The van der Waals surface area contributed by atoms with Gasteiger partial charge in [0, 0.05) is 18.0 Å². The average Bonchev–Trinajstić information content (AvgIpc) is 3.13. The Balaban J connectivity index is 1.50. The van der Waals surface area contributed by atoms with E-state index in [9.17, 15) is 14.7 Å². The molecule has 140 valence electrons. The molecule has 2 fully saturated rings. The maximum atomic E-state index is 13.5. The Bertz CT molecular complexity index is 973. The third-order valence-corrected chi connectivity index (χ3v) is 6.67. The van der Waals surface area contributed by atoms with Crippen LogP contribution in [0.4, 0.5) is 4.79 Å². The summed E-state index contributed by atoms with van der Waals surface area (Å²) in [4.78, 5) is 30.8. The second-order valence-electron chi connectivity index (χ2n) is 9.23. The van der Waals surface area contributed by atoms with Crippen LogP contribution in [0.5, 0.6) is 0 Å². The molecule has 1 amide bonds. The predicted octanol–water partition coefficient (Wildman–Crippen LogP) is 3.44. The second kappa shape index (κ2) is 5.00. The summed E-state index contributed by atoms with van der Waals surface area (Å²) in [5.41, 5.74) is 2.56. The molecule has 3 heterocycles. The fourth-order valence-corrected chi connectivity index (χ4v) is 5.89. The lowest BCUT2D eigenvalue weighted by Crippen LogP contribution is -2.78. The molecule has 4 unspecified atom stereocenters. The number of fused-ring (bicyclic) bond motifs is 3. The summed E-state index contributed by atoms with van der Waals surface area (Å²) in [6.45, 7) is 6.39. The van der Waals surface area contributed by atoms with E-state index in [-0.39, 0.29) is 29.2 Å². The van der Waals surface area contributed by atoms with Gasteiger partial charge in [-0.3, -0.25) is 4.79 Å². The number of amides is 1. The van der Waals surface area contributed by atoms with Gasteiger partial charge in [0.1, 0.15) is 5.78 Å². The van der Waals surface area contributed by atoms with Crippen LogP contribution in [-0.2, 0) is 4.79 Å². The molecule has 2 aliphatic heterocycles. The standard InChI is InChI=1S/C21H23N3O3/c1-20(2,3)18-21(10-23(18)19(26)27)8-14(17(21)25)16-13-7-5-4-6-12(13)15-9-22-11-24(15)16/h4-7,9,11,14,16,18H,8,10H2,1-3H3,(H,26,27). The van der Waals surface area contributed by atoms with Gasteiger partial charge in [-0.15, -0.1) is 0 Å². The van der Waals surface area contributed by atoms with Gasteiger partial charge in [0.2, 0.25) is 0 Å². The molecule has 0 radical (unpaired) electrons. The number of hydrogen-bond acceptors (Lipinski definition) is 3. The van der Waals surface area contributed by atoms with E-state index in [2.05, 4.69) is 21.7 Å². The van der Waals surface area contributed by atoms with Crippen molar-refractivity contribution in [3.8, 4) is 11.3 Å². The fourth-order valence-electron chi connectivity index (χ4n) is 5.89. The molecule has 1 saturated carbocycles. The van der Waals surface area contributed by atoms with E-state index in [1.807, 2.05) is 45.4 Å². The molecule has 1 aromatic carbocycles. The summed E-state index contributed by atoms with van der Waals surface area (Å²) in [5.74, 6) is 0.0867. The highest BCUT2D eigenvalue weighted by Crippen LogP contribution is 2.62. The van der Waals surface area contributed by atoms with E-state index in [1.165, 1.54) is 10.5 Å². The SMILES string of the molecule is CC(C)(C)C1N(C(=O)O)CC12CC(C1c3ccccc3-c3cncn31)C2=O. The topological polar surface area (TPSA) is 75.4 Å². The Labute approximate surface area is 157 Å². The van der Waals surface area contributed by atoms with E-state index < -0.39 is 11.5 Å². The highest BCUT2D eigenvalue weighted by atomic mass is 16.4. The zero-order valence-electron chi connectivity index (χ0n) is 15.7. The third kappa shape index (κ3) is 1.93. The molecule has 0 bridgehead atoms. The van der Waals surface area contributed by atoms with Gasteiger partial charge in [-0.2, -0.15) is 0 Å². The van der Waals surface area contributed by atoms with Crippen LogP contribution in [-0.4, -0.2) is 44.0 Å². The fraction of sp³-hybridized carbons (Fsp3) is 0.476. The Morgan fingerprint density at radius 2 is 2.04 bits per heavy atom. The van der Waals surface area contributed by atoms with Crippen LogP contribution in [0.1, 0.15) is 38.8 Å². The number of ketones is 1. The molecule has 6 heteroatoms. The number of Topliss-reactive ketones (excluding diaryl/α,β-unsaturated/α-hetero) is 1. The van der Waals surface area contributed by atoms with Crippen molar-refractivity contribution >= 4 is 11.9 Å². The van der Waals surface area contributed by atoms with Crippen LogP contribution < -0.4 is 0 Å². The highest BCUT2D eigenvalue weighted by Gasteiger charge is 2.71. The zero-order valence-corrected chi connectivity index (χ0v) is 15.7. The number of carboxylic acid groups (broad SMARTS) is 1. The lowest BCUT2D eigenvalue weighted by atomic mass is 9.46. The van der Waals surface area contributed by atoms with Crippen LogP contribution in [0, 0.1) is 16.7 Å². The average molecular weight is 365 g/mol. The third-order valence-electron chi connectivity index (χ3n) is 6.67. The first kappa shape index (κ1) is 16.5. The molecule has 4 atom stereocenters. The number of carbonyl (C=O) groups excluding carboxylic acids is 1. The zero-order chi connectivity index (χ0) is 19.1. The summed E-state index contributed by atoms with van der Waals surface area (Å²) in [6.07, 6.45) is 3.46. The molecule has 3 aliphatic rings. The summed E-state index contributed by atoms with van der Waals surface area (Å²) < 4.78 is 2.11. The Morgan fingerprint density at radius 3 is 2.70 bits per heavy atom. The summed E-state index contributed by atoms with van der Waals surface area (Å²) in [7, 11) is 0. The van der Waals surface area contributed by atoms with Crippen molar-refractivity contribution in [1.82, 2.24) is 14.5 Å². The van der Waals surface area contributed by atoms with Gasteiger partial charge in [-0.25, -0.2) is 9.78 Å². The Morgan fingerprint density at radius 1 is 1.30 bits per heavy atom. The smallest absolute Gasteiger partial charge is 0.407 e. The van der Waals surface area contributed by atoms with Gasteiger partial charge in [0.25, 0.3) is 0 Å². The van der Waals surface area contributed by atoms with E-state index in [0.29, 0.717) is 6.54 Å². The monoisotopic (exact) mass is 365 g/mol. The van der Waals surface area contributed by atoms with Crippen LogP contribution >= 0.6 is 0 Å². The Hall–Kier alpha value is -2.63. The molecule has 1 spiro atoms. The van der Waals surface area contributed by atoms with Crippen molar-refractivity contribution in [3.63, 3.8) is 0 Å². The molecule has 5 rings (SSSR count). The number of carbonyl (C=O) groups is 2. The molecule has 27 heavy (non-hydrogen) atoms. The van der Waals surface area contributed by atoms with Crippen molar-refractivity contribution in [1.29, 1.82) is 0 Å². The minimum absolute atomic E-state index is 0.0312. The highest BCUT2D eigenvalue weighted by molar-refractivity contribution is 5.97. The number of likely N-dealkylation sites (tertiary alicyclic amines) is 1. The number of hydrogen-bond donors (Lipinski definition) is 1. The van der Waals surface area contributed by atoms with Crippen LogP contribution in [0.3, 0.4) is 0 Å².